The van der Waals surface area contributed by atoms with E-state index < -0.39 is 18.0 Å². The first-order valence-corrected chi connectivity index (χ1v) is 10.0. The zero-order chi connectivity index (χ0) is 20.6. The first kappa shape index (κ1) is 20.8. The van der Waals surface area contributed by atoms with E-state index in [4.69, 9.17) is 14.2 Å². The molecular weight excluding hydrogens is 392 g/mol. The summed E-state index contributed by atoms with van der Waals surface area (Å²) in [6, 6.07) is 14.7. The molecule has 0 radical (unpaired) electrons. The Morgan fingerprint density at radius 3 is 2.62 bits per heavy atom. The minimum absolute atomic E-state index is 0.210. The lowest BCUT2D eigenvalue weighted by atomic mass is 10.3. The van der Waals surface area contributed by atoms with Gasteiger partial charge < -0.3 is 19.5 Å². The number of aromatic nitrogens is 1. The average molecular weight is 414 g/mol. The molecule has 7 nitrogen and oxygen atoms in total. The van der Waals surface area contributed by atoms with Crippen LogP contribution in [0.3, 0.4) is 0 Å². The van der Waals surface area contributed by atoms with E-state index in [2.05, 4.69) is 10.3 Å². The normalized spacial score (nSPS) is 11.8. The van der Waals surface area contributed by atoms with Crippen molar-refractivity contribution in [3.63, 3.8) is 0 Å². The van der Waals surface area contributed by atoms with E-state index in [0.717, 1.165) is 21.0 Å². The van der Waals surface area contributed by atoms with Crippen molar-refractivity contribution in [1.29, 1.82) is 0 Å². The molecular formula is C21H22N2O5S. The number of ether oxygens (including phenoxy) is 3. The van der Waals surface area contributed by atoms with Crippen LogP contribution in [0.2, 0.25) is 0 Å². The number of hydrogen-bond donors (Lipinski definition) is 1. The van der Waals surface area contributed by atoms with Crippen LogP contribution in [0.5, 0.6) is 5.75 Å². The number of hydrogen-bond acceptors (Lipinski definition) is 7. The molecule has 3 aromatic rings. The number of amides is 1. The number of nitrogens with one attached hydrogen (secondary N) is 1. The molecule has 0 saturated carbocycles. The maximum Gasteiger partial charge on any atom is 0.332 e. The fraction of sp³-hybridized carbons (Fsp3) is 0.286. The van der Waals surface area contributed by atoms with Crippen LogP contribution in [0.4, 0.5) is 5.69 Å². The second-order valence-corrected chi connectivity index (χ2v) is 7.26. The molecule has 0 aliphatic carbocycles. The standard InChI is InChI=1S/C21H22N2O5S/c1-3-27-16-10-8-15(9-11-16)22-21(25)14(2)28-20(24)13-26-12-19-23-17-6-4-5-7-18(17)29-19/h4-11,14H,3,12-13H2,1-2H3,(H,22,25)/t14-/m0/s1. The van der Waals surface area contributed by atoms with Crippen LogP contribution in [0.25, 0.3) is 10.2 Å². The number of para-hydroxylation sites is 1. The molecule has 0 fully saturated rings. The summed E-state index contributed by atoms with van der Waals surface area (Å²) in [6.07, 6.45) is -0.944. The van der Waals surface area contributed by atoms with Gasteiger partial charge in [-0.05, 0) is 50.2 Å². The Labute approximate surface area is 172 Å². The molecule has 1 N–H and O–H groups in total. The van der Waals surface area contributed by atoms with E-state index in [1.807, 2.05) is 31.2 Å². The Kier molecular flexibility index (Phi) is 7.15. The van der Waals surface area contributed by atoms with Crippen molar-refractivity contribution >= 4 is 39.1 Å². The summed E-state index contributed by atoms with van der Waals surface area (Å²) in [5, 5.41) is 3.47. The van der Waals surface area contributed by atoms with E-state index in [1.165, 1.54) is 18.3 Å². The van der Waals surface area contributed by atoms with E-state index in [9.17, 15) is 9.59 Å². The Balaban J connectivity index is 1.41. The van der Waals surface area contributed by atoms with Gasteiger partial charge in [-0.2, -0.15) is 0 Å². The largest absolute Gasteiger partial charge is 0.494 e. The quantitative estimate of drug-likeness (QED) is 0.536. The molecule has 1 atom stereocenters. The number of rotatable bonds is 9. The first-order valence-electron chi connectivity index (χ1n) is 9.20. The topological polar surface area (TPSA) is 86.8 Å². The second-order valence-electron chi connectivity index (χ2n) is 6.15. The second kappa shape index (κ2) is 9.99. The Morgan fingerprint density at radius 1 is 1.14 bits per heavy atom. The highest BCUT2D eigenvalue weighted by Gasteiger charge is 2.18. The zero-order valence-electron chi connectivity index (χ0n) is 16.2. The molecule has 2 aromatic carbocycles. The highest BCUT2D eigenvalue weighted by Crippen LogP contribution is 2.22. The van der Waals surface area contributed by atoms with Crippen LogP contribution in [0, 0.1) is 0 Å². The first-order chi connectivity index (χ1) is 14.0. The Bertz CT molecular complexity index is 938. The van der Waals surface area contributed by atoms with Crippen molar-refractivity contribution in [3.05, 3.63) is 53.5 Å². The van der Waals surface area contributed by atoms with Gasteiger partial charge in [0.25, 0.3) is 5.91 Å². The van der Waals surface area contributed by atoms with E-state index in [0.29, 0.717) is 12.3 Å². The maximum atomic E-state index is 12.2. The number of nitrogens with zero attached hydrogens (tertiary/aromatic N) is 1. The summed E-state index contributed by atoms with van der Waals surface area (Å²) in [4.78, 5) is 28.5. The lowest BCUT2D eigenvalue weighted by Gasteiger charge is -2.14. The molecule has 3 rings (SSSR count). The van der Waals surface area contributed by atoms with Gasteiger partial charge in [-0.1, -0.05) is 12.1 Å². The monoisotopic (exact) mass is 414 g/mol. The highest BCUT2D eigenvalue weighted by atomic mass is 32.1. The lowest BCUT2D eigenvalue weighted by Crippen LogP contribution is -2.31. The van der Waals surface area contributed by atoms with Gasteiger partial charge in [-0.3, -0.25) is 4.79 Å². The zero-order valence-corrected chi connectivity index (χ0v) is 17.0. The summed E-state index contributed by atoms with van der Waals surface area (Å²) in [7, 11) is 0. The summed E-state index contributed by atoms with van der Waals surface area (Å²) in [5.41, 5.74) is 1.49. The van der Waals surface area contributed by atoms with Crippen molar-refractivity contribution in [2.24, 2.45) is 0 Å². The summed E-state index contributed by atoms with van der Waals surface area (Å²) in [5.74, 6) is -0.315. The van der Waals surface area contributed by atoms with Crippen LogP contribution in [0.1, 0.15) is 18.9 Å². The average Bonchev–Trinajstić information content (AvgIpc) is 3.12. The summed E-state index contributed by atoms with van der Waals surface area (Å²) < 4.78 is 16.9. The molecule has 29 heavy (non-hydrogen) atoms. The van der Waals surface area contributed by atoms with Gasteiger partial charge in [0.1, 0.15) is 17.4 Å². The molecule has 1 heterocycles. The van der Waals surface area contributed by atoms with Crippen LogP contribution in [-0.4, -0.2) is 36.2 Å². The molecule has 1 amide bonds. The number of anilines is 1. The van der Waals surface area contributed by atoms with Gasteiger partial charge >= 0.3 is 5.97 Å². The van der Waals surface area contributed by atoms with Crippen molar-refractivity contribution in [2.45, 2.75) is 26.6 Å². The predicted octanol–water partition coefficient (Wildman–Crippen LogP) is 3.78. The van der Waals surface area contributed by atoms with Gasteiger partial charge in [0.05, 0.1) is 23.4 Å². The van der Waals surface area contributed by atoms with Crippen LogP contribution >= 0.6 is 11.3 Å². The van der Waals surface area contributed by atoms with Crippen LogP contribution < -0.4 is 10.1 Å². The summed E-state index contributed by atoms with van der Waals surface area (Å²) in [6.45, 7) is 3.93. The van der Waals surface area contributed by atoms with E-state index in [1.54, 1.807) is 24.3 Å². The van der Waals surface area contributed by atoms with Crippen molar-refractivity contribution < 1.29 is 23.8 Å². The van der Waals surface area contributed by atoms with Gasteiger partial charge in [0.15, 0.2) is 6.10 Å². The predicted molar refractivity (Wildman–Crippen MR) is 111 cm³/mol. The number of thiazole rings is 1. The van der Waals surface area contributed by atoms with Gasteiger partial charge in [-0.25, -0.2) is 9.78 Å². The molecule has 0 saturated heterocycles. The molecule has 0 unspecified atom stereocenters. The number of carbonyl (C=O) groups excluding carboxylic acids is 2. The molecule has 0 spiro atoms. The molecule has 1 aromatic heterocycles. The third-order valence-corrected chi connectivity index (χ3v) is 4.90. The minimum atomic E-state index is -0.944. The molecule has 0 aliphatic heterocycles. The Hall–Kier alpha value is -2.97. The van der Waals surface area contributed by atoms with Crippen molar-refractivity contribution in [1.82, 2.24) is 4.98 Å². The van der Waals surface area contributed by atoms with E-state index in [-0.39, 0.29) is 13.2 Å². The highest BCUT2D eigenvalue weighted by molar-refractivity contribution is 7.18. The van der Waals surface area contributed by atoms with Gasteiger partial charge in [-0.15, -0.1) is 11.3 Å². The Morgan fingerprint density at radius 2 is 1.90 bits per heavy atom. The smallest absolute Gasteiger partial charge is 0.332 e. The fourth-order valence-corrected chi connectivity index (χ4v) is 3.44. The third-order valence-electron chi connectivity index (χ3n) is 3.89. The van der Waals surface area contributed by atoms with Crippen LogP contribution in [-0.2, 0) is 25.7 Å². The number of carbonyl (C=O) groups is 2. The molecule has 0 bridgehead atoms. The molecule has 152 valence electrons. The molecule has 8 heteroatoms. The van der Waals surface area contributed by atoms with Gasteiger partial charge in [0, 0.05) is 5.69 Å². The number of esters is 1. The van der Waals surface area contributed by atoms with Crippen molar-refractivity contribution in [3.8, 4) is 5.75 Å². The maximum absolute atomic E-state index is 12.2. The number of fused-ring (bicyclic) bond motifs is 1. The summed E-state index contributed by atoms with van der Waals surface area (Å²) >= 11 is 1.51. The van der Waals surface area contributed by atoms with Crippen molar-refractivity contribution in [2.75, 3.05) is 18.5 Å². The van der Waals surface area contributed by atoms with Crippen LogP contribution in [0.15, 0.2) is 48.5 Å². The fourth-order valence-electron chi connectivity index (χ4n) is 2.53. The third kappa shape index (κ3) is 6.00. The lowest BCUT2D eigenvalue weighted by molar-refractivity contribution is -0.157. The minimum Gasteiger partial charge on any atom is -0.494 e. The van der Waals surface area contributed by atoms with E-state index >= 15 is 0 Å². The SMILES string of the molecule is CCOc1ccc(NC(=O)[C@H](C)OC(=O)COCc2nc3ccccc3s2)cc1. The number of benzene rings is 2. The van der Waals surface area contributed by atoms with Gasteiger partial charge in [0.2, 0.25) is 0 Å². The molecule has 0 aliphatic rings.